The van der Waals surface area contributed by atoms with Gasteiger partial charge in [0.1, 0.15) is 0 Å². The fraction of sp³-hybridized carbons (Fsp3) is 1.00. The van der Waals surface area contributed by atoms with Crippen molar-refractivity contribution in [1.82, 2.24) is 0 Å². The van der Waals surface area contributed by atoms with Crippen molar-refractivity contribution in [2.45, 2.75) is 13.3 Å². The Morgan fingerprint density at radius 3 is 1.60 bits per heavy atom. The first-order valence-electron chi connectivity index (χ1n) is 2.74. The van der Waals surface area contributed by atoms with Crippen LogP contribution in [0.2, 0.25) is 0 Å². The van der Waals surface area contributed by atoms with E-state index in [4.69, 9.17) is 0 Å². The third-order valence-corrected chi connectivity index (χ3v) is 6.01. The summed E-state index contributed by atoms with van der Waals surface area (Å²) < 4.78 is 42.2. The second-order valence-corrected chi connectivity index (χ2v) is 8.24. The molecule has 62 valence electrons. The Morgan fingerprint density at radius 1 is 1.10 bits per heavy atom. The fourth-order valence-corrected chi connectivity index (χ4v) is 2.61. The van der Waals surface area contributed by atoms with Crippen LogP contribution in [0.5, 0.6) is 0 Å². The molecule has 0 bridgehead atoms. The highest BCUT2D eigenvalue weighted by Crippen LogP contribution is 2.01. The van der Waals surface area contributed by atoms with Gasteiger partial charge >= 0.3 is 0 Å². The van der Waals surface area contributed by atoms with E-state index in [1.54, 1.807) is 6.92 Å². The van der Waals surface area contributed by atoms with Crippen molar-refractivity contribution < 1.29 is 16.8 Å². The van der Waals surface area contributed by atoms with Gasteiger partial charge in [0, 0.05) is 0 Å². The Kier molecular flexibility index (Phi) is 2.85. The molecule has 0 aliphatic heterocycles. The molecule has 0 unspecified atom stereocenters. The minimum absolute atomic E-state index is 0.286. The molecular weight excluding hydrogens is 176 g/mol. The lowest BCUT2D eigenvalue weighted by molar-refractivity contribution is 0.585. The summed E-state index contributed by atoms with van der Waals surface area (Å²) in [4.78, 5) is 0. The first-order chi connectivity index (χ1) is 4.31. The Labute approximate surface area is 60.5 Å². The van der Waals surface area contributed by atoms with Gasteiger partial charge in [-0.1, -0.05) is 6.92 Å². The molecule has 0 spiro atoms. The molecule has 0 saturated carbocycles. The Hall–Kier alpha value is -0.100. The van der Waals surface area contributed by atoms with Crippen LogP contribution in [0.3, 0.4) is 0 Å². The molecule has 0 aliphatic rings. The van der Waals surface area contributed by atoms with Crippen LogP contribution in [0.4, 0.5) is 0 Å². The monoisotopic (exact) mass is 186 g/mol. The summed E-state index contributed by atoms with van der Waals surface area (Å²) >= 11 is 0. The molecule has 0 saturated heterocycles. The van der Waals surface area contributed by atoms with E-state index in [2.05, 4.69) is 0 Å². The van der Waals surface area contributed by atoms with Gasteiger partial charge in [0.05, 0.1) is 12.0 Å². The number of hydrogen-bond acceptors (Lipinski definition) is 4. The molecule has 4 nitrogen and oxygen atoms in total. The highest BCUT2D eigenvalue weighted by atomic mass is 33.2. The summed E-state index contributed by atoms with van der Waals surface area (Å²) in [6, 6.07) is 0. The van der Waals surface area contributed by atoms with Crippen molar-refractivity contribution in [3.05, 3.63) is 0 Å². The SMILES string of the molecule is CCCS(=O)(=O)S(C)(=O)=O. The topological polar surface area (TPSA) is 68.3 Å². The van der Waals surface area contributed by atoms with E-state index in [1.165, 1.54) is 0 Å². The van der Waals surface area contributed by atoms with Crippen molar-refractivity contribution in [3.8, 4) is 0 Å². The van der Waals surface area contributed by atoms with Crippen molar-refractivity contribution in [3.63, 3.8) is 0 Å². The van der Waals surface area contributed by atoms with E-state index < -0.39 is 17.7 Å². The summed E-state index contributed by atoms with van der Waals surface area (Å²) in [7, 11) is -7.77. The molecule has 0 amide bonds. The van der Waals surface area contributed by atoms with Crippen molar-refractivity contribution in [2.24, 2.45) is 0 Å². The lowest BCUT2D eigenvalue weighted by Gasteiger charge is -1.96. The Morgan fingerprint density at radius 2 is 1.50 bits per heavy atom. The Bertz CT molecular complexity index is 283. The summed E-state index contributed by atoms with van der Waals surface area (Å²) in [6.45, 7) is 1.61. The van der Waals surface area contributed by atoms with E-state index in [0.29, 0.717) is 12.7 Å². The fourth-order valence-electron chi connectivity index (χ4n) is 0.401. The third-order valence-electron chi connectivity index (χ3n) is 0.915. The largest absolute Gasteiger partial charge is 0.253 e. The molecule has 0 radical (unpaired) electrons. The first-order valence-corrected chi connectivity index (χ1v) is 6.80. The van der Waals surface area contributed by atoms with E-state index in [9.17, 15) is 16.8 Å². The zero-order valence-electron chi connectivity index (χ0n) is 5.86. The minimum atomic E-state index is -3.89. The summed E-state index contributed by atoms with van der Waals surface area (Å²) in [5.74, 6) is -0.286. The van der Waals surface area contributed by atoms with Crippen LogP contribution in [0.1, 0.15) is 13.3 Å². The highest BCUT2D eigenvalue weighted by Gasteiger charge is 2.22. The molecule has 0 aromatic carbocycles. The molecule has 0 fully saturated rings. The van der Waals surface area contributed by atoms with E-state index in [1.807, 2.05) is 0 Å². The van der Waals surface area contributed by atoms with Crippen molar-refractivity contribution >= 4 is 17.7 Å². The normalized spacial score (nSPS) is 13.4. The second kappa shape index (κ2) is 2.87. The van der Waals surface area contributed by atoms with Gasteiger partial charge in [0.15, 0.2) is 0 Å². The van der Waals surface area contributed by atoms with Gasteiger partial charge in [-0.2, -0.15) is 0 Å². The molecular formula is C4H10O4S2. The summed E-state index contributed by atoms with van der Waals surface area (Å²) in [5, 5.41) is 0. The molecule has 0 aromatic heterocycles. The second-order valence-electron chi connectivity index (χ2n) is 1.97. The maximum absolute atomic E-state index is 10.7. The average Bonchev–Trinajstić information content (AvgIpc) is 1.61. The van der Waals surface area contributed by atoms with Crippen LogP contribution in [-0.2, 0) is 17.7 Å². The smallest absolute Gasteiger partial charge is 0.213 e. The van der Waals surface area contributed by atoms with Crippen LogP contribution < -0.4 is 0 Å². The standard InChI is InChI=1S/C4H10O4S2/c1-3-4-10(7,8)9(2,5)6/h3-4H2,1-2H3. The lowest BCUT2D eigenvalue weighted by atomic mass is 10.6. The molecule has 0 aliphatic carbocycles. The molecule has 0 rings (SSSR count). The summed E-state index contributed by atoms with van der Waals surface area (Å²) in [5.41, 5.74) is 0. The van der Waals surface area contributed by atoms with Gasteiger partial charge in [0.2, 0.25) is 0 Å². The van der Waals surface area contributed by atoms with Crippen LogP contribution in [-0.4, -0.2) is 28.8 Å². The van der Waals surface area contributed by atoms with Crippen molar-refractivity contribution in [1.29, 1.82) is 0 Å². The molecule has 0 aromatic rings. The molecule has 6 heteroatoms. The highest BCUT2D eigenvalue weighted by molar-refractivity contribution is 8.66. The maximum atomic E-state index is 10.7. The quantitative estimate of drug-likeness (QED) is 0.571. The average molecular weight is 186 g/mol. The van der Waals surface area contributed by atoms with Gasteiger partial charge in [-0.15, -0.1) is 0 Å². The first kappa shape index (κ1) is 9.90. The van der Waals surface area contributed by atoms with Gasteiger partial charge in [-0.25, -0.2) is 16.8 Å². The van der Waals surface area contributed by atoms with Gasteiger partial charge in [0.25, 0.3) is 17.7 Å². The lowest BCUT2D eigenvalue weighted by Crippen LogP contribution is -2.16. The number of hydrogen-bond donors (Lipinski definition) is 0. The van der Waals surface area contributed by atoms with E-state index in [0.717, 1.165) is 0 Å². The van der Waals surface area contributed by atoms with E-state index in [-0.39, 0.29) is 5.75 Å². The van der Waals surface area contributed by atoms with E-state index >= 15 is 0 Å². The molecule has 10 heavy (non-hydrogen) atoms. The van der Waals surface area contributed by atoms with Crippen LogP contribution in [0.15, 0.2) is 0 Å². The zero-order chi connectivity index (χ0) is 8.41. The van der Waals surface area contributed by atoms with Crippen molar-refractivity contribution in [2.75, 3.05) is 12.0 Å². The number of rotatable bonds is 3. The minimum Gasteiger partial charge on any atom is -0.213 e. The van der Waals surface area contributed by atoms with Crippen LogP contribution >= 0.6 is 0 Å². The predicted molar refractivity (Wildman–Crippen MR) is 38.9 cm³/mol. The summed E-state index contributed by atoms with van der Waals surface area (Å²) in [6.07, 6.45) is 1.04. The molecule has 0 N–H and O–H groups in total. The van der Waals surface area contributed by atoms with Crippen LogP contribution in [0.25, 0.3) is 0 Å². The zero-order valence-corrected chi connectivity index (χ0v) is 7.50. The third kappa shape index (κ3) is 2.26. The Balaban J connectivity index is 4.80. The van der Waals surface area contributed by atoms with Gasteiger partial charge in [-0.05, 0) is 6.42 Å². The maximum Gasteiger partial charge on any atom is 0.253 e. The molecule has 0 heterocycles. The molecule has 0 atom stereocenters. The van der Waals surface area contributed by atoms with Crippen LogP contribution in [0, 0.1) is 0 Å². The van der Waals surface area contributed by atoms with Gasteiger partial charge < -0.3 is 0 Å². The predicted octanol–water partition coefficient (Wildman–Crippen LogP) is -0.229. The van der Waals surface area contributed by atoms with Gasteiger partial charge in [-0.3, -0.25) is 0 Å².